The van der Waals surface area contributed by atoms with Gasteiger partial charge in [0.1, 0.15) is 0 Å². The summed E-state index contributed by atoms with van der Waals surface area (Å²) in [6, 6.07) is 51.4. The predicted molar refractivity (Wildman–Crippen MR) is 165 cm³/mol. The molecule has 0 fully saturated rings. The lowest BCUT2D eigenvalue weighted by molar-refractivity contribution is 1.15. The molecule has 8 aromatic rings. The lowest BCUT2D eigenvalue weighted by Gasteiger charge is -2.12. The fraction of sp³-hybridized carbons (Fsp3) is 0. The van der Waals surface area contributed by atoms with E-state index in [1.165, 1.54) is 43.6 Å². The van der Waals surface area contributed by atoms with E-state index in [1.807, 2.05) is 24.3 Å². The van der Waals surface area contributed by atoms with E-state index >= 15 is 0 Å². The topological polar surface area (TPSA) is 33.6 Å². The second-order valence-corrected chi connectivity index (χ2v) is 10.2. The van der Waals surface area contributed by atoms with Gasteiger partial charge in [0.05, 0.1) is 33.7 Å². The van der Waals surface area contributed by atoms with Crippen LogP contribution in [0.25, 0.3) is 66.1 Å². The van der Waals surface area contributed by atoms with Crippen LogP contribution in [0.4, 0.5) is 0 Å². The van der Waals surface area contributed by atoms with E-state index in [1.54, 1.807) is 0 Å². The molecule has 3 heteroatoms. The number of nitriles is 1. The van der Waals surface area contributed by atoms with Gasteiger partial charge in [-0.3, -0.25) is 0 Å². The minimum Gasteiger partial charge on any atom is -0.309 e. The fourth-order valence-corrected chi connectivity index (χ4v) is 6.12. The van der Waals surface area contributed by atoms with Crippen LogP contribution >= 0.6 is 0 Å². The van der Waals surface area contributed by atoms with Gasteiger partial charge in [-0.2, -0.15) is 5.26 Å². The molecule has 6 aromatic carbocycles. The van der Waals surface area contributed by atoms with Gasteiger partial charge >= 0.3 is 0 Å². The Labute approximate surface area is 231 Å². The Hall–Kier alpha value is -5.59. The zero-order valence-electron chi connectivity index (χ0n) is 21.6. The first-order chi connectivity index (χ1) is 19.8. The molecule has 186 valence electrons. The summed E-state index contributed by atoms with van der Waals surface area (Å²) in [6.07, 6.45) is 0. The molecule has 3 nitrogen and oxygen atoms in total. The molecule has 0 amide bonds. The van der Waals surface area contributed by atoms with Gasteiger partial charge in [-0.1, -0.05) is 84.9 Å². The first kappa shape index (κ1) is 22.4. The highest BCUT2D eigenvalue weighted by Gasteiger charge is 2.16. The van der Waals surface area contributed by atoms with Crippen LogP contribution < -0.4 is 0 Å². The second-order valence-electron chi connectivity index (χ2n) is 10.2. The molecule has 0 saturated carbocycles. The van der Waals surface area contributed by atoms with Gasteiger partial charge in [-0.25, -0.2) is 0 Å². The summed E-state index contributed by atoms with van der Waals surface area (Å²) in [5.74, 6) is 0. The van der Waals surface area contributed by atoms with Crippen LogP contribution in [0.1, 0.15) is 5.56 Å². The van der Waals surface area contributed by atoms with E-state index in [-0.39, 0.29) is 0 Å². The second kappa shape index (κ2) is 8.73. The summed E-state index contributed by atoms with van der Waals surface area (Å²) in [5, 5.41) is 14.1. The molecular weight excluding hydrogens is 486 g/mol. The van der Waals surface area contributed by atoms with Crippen LogP contribution in [0.3, 0.4) is 0 Å². The standard InChI is InChI=1S/C37H23N3/c38-24-25-13-15-26(16-14-25)27-17-19-28(20-18-27)39-34-10-4-3-9-32(34)33-22-21-29(23-37(33)39)40-35-11-5-1-7-30(35)31-8-2-6-12-36(31)40/h1-23H. The average molecular weight is 510 g/mol. The summed E-state index contributed by atoms with van der Waals surface area (Å²) in [5.41, 5.74) is 9.92. The van der Waals surface area contributed by atoms with Crippen molar-refractivity contribution in [3.63, 3.8) is 0 Å². The Morgan fingerprint density at radius 2 is 0.825 bits per heavy atom. The zero-order valence-corrected chi connectivity index (χ0v) is 21.6. The van der Waals surface area contributed by atoms with E-state index in [0.29, 0.717) is 5.56 Å². The molecule has 40 heavy (non-hydrogen) atoms. The van der Waals surface area contributed by atoms with Crippen molar-refractivity contribution in [3.8, 4) is 28.6 Å². The summed E-state index contributed by atoms with van der Waals surface area (Å²) >= 11 is 0. The van der Waals surface area contributed by atoms with Crippen LogP contribution in [0.15, 0.2) is 140 Å². The number of fused-ring (bicyclic) bond motifs is 6. The normalized spacial score (nSPS) is 11.5. The fourth-order valence-electron chi connectivity index (χ4n) is 6.12. The number of benzene rings is 6. The molecule has 0 atom stereocenters. The lowest BCUT2D eigenvalue weighted by Crippen LogP contribution is -1.97. The number of hydrogen-bond donors (Lipinski definition) is 0. The number of aromatic nitrogens is 2. The number of rotatable bonds is 3. The van der Waals surface area contributed by atoms with E-state index in [0.717, 1.165) is 22.5 Å². The Morgan fingerprint density at radius 1 is 0.400 bits per heavy atom. The van der Waals surface area contributed by atoms with E-state index in [2.05, 4.69) is 130 Å². The van der Waals surface area contributed by atoms with Crippen LogP contribution in [-0.2, 0) is 0 Å². The SMILES string of the molecule is N#Cc1ccc(-c2ccc(-n3c4ccccc4c4ccc(-n5c6ccccc6c6ccccc65)cc43)cc2)cc1. The quantitative estimate of drug-likeness (QED) is 0.233. The first-order valence-electron chi connectivity index (χ1n) is 13.4. The number of nitrogens with zero attached hydrogens (tertiary/aromatic N) is 3. The monoisotopic (exact) mass is 509 g/mol. The van der Waals surface area contributed by atoms with Gasteiger partial charge in [0.2, 0.25) is 0 Å². The largest absolute Gasteiger partial charge is 0.309 e. The lowest BCUT2D eigenvalue weighted by atomic mass is 10.0. The van der Waals surface area contributed by atoms with Crippen molar-refractivity contribution in [3.05, 3.63) is 145 Å². The molecule has 0 radical (unpaired) electrons. The molecule has 2 heterocycles. The molecule has 0 unspecified atom stereocenters. The minimum atomic E-state index is 0.671. The van der Waals surface area contributed by atoms with Crippen LogP contribution in [-0.4, -0.2) is 9.13 Å². The molecule has 0 N–H and O–H groups in total. The van der Waals surface area contributed by atoms with Crippen molar-refractivity contribution in [1.29, 1.82) is 5.26 Å². The zero-order chi connectivity index (χ0) is 26.6. The summed E-state index contributed by atoms with van der Waals surface area (Å²) < 4.78 is 4.74. The first-order valence-corrected chi connectivity index (χ1v) is 13.4. The molecule has 0 bridgehead atoms. The van der Waals surface area contributed by atoms with Gasteiger partial charge in [-0.05, 0) is 65.7 Å². The molecule has 8 rings (SSSR count). The number of hydrogen-bond acceptors (Lipinski definition) is 1. The third-order valence-corrected chi connectivity index (χ3v) is 7.97. The summed E-state index contributed by atoms with van der Waals surface area (Å²) in [6.45, 7) is 0. The number of para-hydroxylation sites is 3. The Morgan fingerprint density at radius 3 is 1.35 bits per heavy atom. The molecule has 0 aliphatic carbocycles. The Kier molecular flexibility index (Phi) is 4.89. The average Bonchev–Trinajstić information content (AvgIpc) is 3.54. The Bertz CT molecular complexity index is 2200. The highest BCUT2D eigenvalue weighted by atomic mass is 15.0. The highest BCUT2D eigenvalue weighted by Crippen LogP contribution is 2.37. The van der Waals surface area contributed by atoms with Gasteiger partial charge in [0, 0.05) is 32.9 Å². The molecule has 0 saturated heterocycles. The predicted octanol–water partition coefficient (Wildman–Crippen LogP) is 9.42. The maximum atomic E-state index is 9.14. The third-order valence-electron chi connectivity index (χ3n) is 7.97. The minimum absolute atomic E-state index is 0.671. The van der Waals surface area contributed by atoms with Gasteiger partial charge < -0.3 is 9.13 Å². The third kappa shape index (κ3) is 3.30. The van der Waals surface area contributed by atoms with Crippen molar-refractivity contribution in [2.24, 2.45) is 0 Å². The van der Waals surface area contributed by atoms with Crippen LogP contribution in [0.5, 0.6) is 0 Å². The molecule has 2 aromatic heterocycles. The van der Waals surface area contributed by atoms with Crippen LogP contribution in [0, 0.1) is 11.3 Å². The van der Waals surface area contributed by atoms with Gasteiger partial charge in [0.25, 0.3) is 0 Å². The van der Waals surface area contributed by atoms with Crippen molar-refractivity contribution in [2.75, 3.05) is 0 Å². The summed E-state index contributed by atoms with van der Waals surface area (Å²) in [4.78, 5) is 0. The van der Waals surface area contributed by atoms with Gasteiger partial charge in [-0.15, -0.1) is 0 Å². The van der Waals surface area contributed by atoms with Crippen LogP contribution in [0.2, 0.25) is 0 Å². The van der Waals surface area contributed by atoms with Gasteiger partial charge in [0.15, 0.2) is 0 Å². The van der Waals surface area contributed by atoms with Crippen molar-refractivity contribution >= 4 is 43.6 Å². The summed E-state index contributed by atoms with van der Waals surface area (Å²) in [7, 11) is 0. The molecular formula is C37H23N3. The molecule has 0 spiro atoms. The Balaban J connectivity index is 1.35. The van der Waals surface area contributed by atoms with Crippen molar-refractivity contribution < 1.29 is 0 Å². The van der Waals surface area contributed by atoms with Crippen molar-refractivity contribution in [2.45, 2.75) is 0 Å². The molecule has 0 aliphatic rings. The van der Waals surface area contributed by atoms with E-state index in [4.69, 9.17) is 5.26 Å². The van der Waals surface area contributed by atoms with Crippen molar-refractivity contribution in [1.82, 2.24) is 9.13 Å². The molecule has 0 aliphatic heterocycles. The highest BCUT2D eigenvalue weighted by molar-refractivity contribution is 6.12. The maximum absolute atomic E-state index is 9.14. The van der Waals surface area contributed by atoms with E-state index < -0.39 is 0 Å². The van der Waals surface area contributed by atoms with E-state index in [9.17, 15) is 0 Å². The maximum Gasteiger partial charge on any atom is 0.0991 e. The smallest absolute Gasteiger partial charge is 0.0991 e.